The van der Waals surface area contributed by atoms with E-state index in [1.165, 1.54) is 0 Å². The number of nitrogens with zero attached hydrogens (tertiary/aromatic N) is 4. The van der Waals surface area contributed by atoms with Crippen molar-refractivity contribution in [2.45, 2.75) is 13.0 Å². The van der Waals surface area contributed by atoms with Crippen LogP contribution in [0.3, 0.4) is 0 Å². The molecule has 0 radical (unpaired) electrons. The normalized spacial score (nSPS) is 16.4. The zero-order chi connectivity index (χ0) is 13.6. The van der Waals surface area contributed by atoms with E-state index in [9.17, 15) is 0 Å². The maximum Gasteiger partial charge on any atom is 0.113 e. The Bertz CT molecular complexity index is 520. The average Bonchev–Trinajstić information content (AvgIpc) is 2.98. The van der Waals surface area contributed by atoms with Gasteiger partial charge in [0.1, 0.15) is 5.69 Å². The van der Waals surface area contributed by atoms with Gasteiger partial charge in [-0.25, -0.2) is 0 Å². The largest absolute Gasteiger partial charge is 0.379 e. The van der Waals surface area contributed by atoms with Gasteiger partial charge < -0.3 is 4.74 Å². The number of aryl methyl sites for hydroxylation is 1. The summed E-state index contributed by atoms with van der Waals surface area (Å²) in [5.41, 5.74) is 2.06. The molecule has 0 bridgehead atoms. The molecule has 20 heavy (non-hydrogen) atoms. The fraction of sp³-hybridized carbons (Fsp3) is 0.467. The van der Waals surface area contributed by atoms with Crippen LogP contribution < -0.4 is 0 Å². The first-order valence-electron chi connectivity index (χ1n) is 7.17. The van der Waals surface area contributed by atoms with E-state index >= 15 is 0 Å². The van der Waals surface area contributed by atoms with E-state index in [1.54, 1.807) is 0 Å². The zero-order valence-corrected chi connectivity index (χ0v) is 11.6. The van der Waals surface area contributed by atoms with Crippen LogP contribution in [-0.2, 0) is 11.3 Å². The number of benzene rings is 1. The Labute approximate surface area is 119 Å². The van der Waals surface area contributed by atoms with Gasteiger partial charge in [-0.1, -0.05) is 35.5 Å². The maximum atomic E-state index is 5.35. The molecule has 0 unspecified atom stereocenters. The molecule has 1 fully saturated rings. The Morgan fingerprint density at radius 3 is 2.65 bits per heavy atom. The molecule has 106 valence electrons. The van der Waals surface area contributed by atoms with Crippen molar-refractivity contribution in [3.8, 4) is 11.3 Å². The number of rotatable bonds is 5. The molecule has 5 heteroatoms. The Morgan fingerprint density at radius 1 is 1.05 bits per heavy atom. The molecule has 0 amide bonds. The summed E-state index contributed by atoms with van der Waals surface area (Å²) in [5.74, 6) is 0. The van der Waals surface area contributed by atoms with Crippen molar-refractivity contribution in [3.63, 3.8) is 0 Å². The molecule has 0 spiro atoms. The highest BCUT2D eigenvalue weighted by Gasteiger charge is 2.09. The molecule has 1 aliphatic heterocycles. The summed E-state index contributed by atoms with van der Waals surface area (Å²) in [4.78, 5) is 2.44. The fourth-order valence-electron chi connectivity index (χ4n) is 2.43. The van der Waals surface area contributed by atoms with Crippen LogP contribution in [0.15, 0.2) is 36.5 Å². The minimum atomic E-state index is 0.863. The molecule has 1 aromatic heterocycles. The highest BCUT2D eigenvalue weighted by atomic mass is 16.5. The molecule has 2 aromatic rings. The number of hydrogen-bond donors (Lipinski definition) is 0. The Balaban J connectivity index is 1.50. The summed E-state index contributed by atoms with van der Waals surface area (Å²) < 4.78 is 7.28. The SMILES string of the molecule is c1ccc(-c2cn(CCCN3CCOCC3)nn2)cc1. The van der Waals surface area contributed by atoms with Crippen LogP contribution in [0.25, 0.3) is 11.3 Å². The third kappa shape index (κ3) is 3.43. The zero-order valence-electron chi connectivity index (χ0n) is 11.6. The van der Waals surface area contributed by atoms with E-state index in [-0.39, 0.29) is 0 Å². The van der Waals surface area contributed by atoms with Crippen molar-refractivity contribution in [2.75, 3.05) is 32.8 Å². The molecule has 1 aromatic carbocycles. The van der Waals surface area contributed by atoms with Gasteiger partial charge in [-0.3, -0.25) is 9.58 Å². The average molecular weight is 272 g/mol. The quantitative estimate of drug-likeness (QED) is 0.830. The van der Waals surface area contributed by atoms with Crippen molar-refractivity contribution < 1.29 is 4.74 Å². The maximum absolute atomic E-state index is 5.35. The van der Waals surface area contributed by atoms with Crippen molar-refractivity contribution in [1.29, 1.82) is 0 Å². The third-order valence-electron chi connectivity index (χ3n) is 3.57. The van der Waals surface area contributed by atoms with Gasteiger partial charge >= 0.3 is 0 Å². The molecule has 5 nitrogen and oxygen atoms in total. The van der Waals surface area contributed by atoms with E-state index in [2.05, 4.69) is 27.3 Å². The lowest BCUT2D eigenvalue weighted by atomic mass is 10.2. The standard InChI is InChI=1S/C15H20N4O/c1-2-5-14(6-3-1)15-13-19(17-16-15)8-4-7-18-9-11-20-12-10-18/h1-3,5-6,13H,4,7-12H2. The van der Waals surface area contributed by atoms with Crippen LogP contribution in [0.4, 0.5) is 0 Å². The van der Waals surface area contributed by atoms with Crippen LogP contribution in [0.2, 0.25) is 0 Å². The Morgan fingerprint density at radius 2 is 1.85 bits per heavy atom. The van der Waals surface area contributed by atoms with Crippen LogP contribution in [0.5, 0.6) is 0 Å². The Kier molecular flexibility index (Phi) is 4.40. The lowest BCUT2D eigenvalue weighted by molar-refractivity contribution is 0.0368. The van der Waals surface area contributed by atoms with Crippen LogP contribution in [0, 0.1) is 0 Å². The molecular formula is C15H20N4O. The molecule has 0 atom stereocenters. The predicted molar refractivity (Wildman–Crippen MR) is 77.3 cm³/mol. The number of morpholine rings is 1. The van der Waals surface area contributed by atoms with E-state index < -0.39 is 0 Å². The molecule has 1 aliphatic rings. The summed E-state index contributed by atoms with van der Waals surface area (Å²) in [6, 6.07) is 10.2. The van der Waals surface area contributed by atoms with Gasteiger partial charge in [0.25, 0.3) is 0 Å². The number of aromatic nitrogens is 3. The first kappa shape index (κ1) is 13.3. The summed E-state index contributed by atoms with van der Waals surface area (Å²) in [5, 5.41) is 8.43. The lowest BCUT2D eigenvalue weighted by Gasteiger charge is -2.26. The van der Waals surface area contributed by atoms with Gasteiger partial charge in [0.05, 0.1) is 19.4 Å². The monoisotopic (exact) mass is 272 g/mol. The molecule has 0 aliphatic carbocycles. The van der Waals surface area contributed by atoms with Gasteiger partial charge in [0, 0.05) is 31.7 Å². The van der Waals surface area contributed by atoms with Crippen LogP contribution in [-0.4, -0.2) is 52.7 Å². The highest BCUT2D eigenvalue weighted by molar-refractivity contribution is 5.56. The molecule has 3 rings (SSSR count). The van der Waals surface area contributed by atoms with Crippen molar-refractivity contribution >= 4 is 0 Å². The summed E-state index contributed by atoms with van der Waals surface area (Å²) in [7, 11) is 0. The van der Waals surface area contributed by atoms with Crippen LogP contribution in [0.1, 0.15) is 6.42 Å². The second kappa shape index (κ2) is 6.63. The smallest absolute Gasteiger partial charge is 0.113 e. The molecule has 2 heterocycles. The molecule has 0 N–H and O–H groups in total. The van der Waals surface area contributed by atoms with Gasteiger partial charge in [0.2, 0.25) is 0 Å². The topological polar surface area (TPSA) is 43.2 Å². The van der Waals surface area contributed by atoms with Crippen molar-refractivity contribution in [3.05, 3.63) is 36.5 Å². The predicted octanol–water partition coefficient (Wildman–Crippen LogP) is 1.67. The van der Waals surface area contributed by atoms with E-state index in [0.29, 0.717) is 0 Å². The minimum Gasteiger partial charge on any atom is -0.379 e. The van der Waals surface area contributed by atoms with E-state index in [0.717, 1.165) is 57.1 Å². The third-order valence-corrected chi connectivity index (χ3v) is 3.57. The summed E-state index contributed by atoms with van der Waals surface area (Å²) in [6.45, 7) is 5.84. The minimum absolute atomic E-state index is 0.863. The second-order valence-corrected chi connectivity index (χ2v) is 5.04. The van der Waals surface area contributed by atoms with Crippen LogP contribution >= 0.6 is 0 Å². The number of ether oxygens (including phenoxy) is 1. The highest BCUT2D eigenvalue weighted by Crippen LogP contribution is 2.14. The first-order chi connectivity index (χ1) is 9.92. The molecule has 0 saturated carbocycles. The number of hydrogen-bond acceptors (Lipinski definition) is 4. The summed E-state index contributed by atoms with van der Waals surface area (Å²) >= 11 is 0. The Hall–Kier alpha value is -1.72. The lowest BCUT2D eigenvalue weighted by Crippen LogP contribution is -2.37. The first-order valence-corrected chi connectivity index (χ1v) is 7.17. The van der Waals surface area contributed by atoms with Crippen molar-refractivity contribution in [2.24, 2.45) is 0 Å². The van der Waals surface area contributed by atoms with Crippen molar-refractivity contribution in [1.82, 2.24) is 19.9 Å². The molecule has 1 saturated heterocycles. The molecular weight excluding hydrogens is 252 g/mol. The van der Waals surface area contributed by atoms with E-state index in [4.69, 9.17) is 4.74 Å². The fourth-order valence-corrected chi connectivity index (χ4v) is 2.43. The van der Waals surface area contributed by atoms with E-state index in [1.807, 2.05) is 29.1 Å². The van der Waals surface area contributed by atoms with Gasteiger partial charge in [-0.2, -0.15) is 0 Å². The van der Waals surface area contributed by atoms with Gasteiger partial charge in [-0.15, -0.1) is 5.10 Å². The van der Waals surface area contributed by atoms with Gasteiger partial charge in [0.15, 0.2) is 0 Å². The second-order valence-electron chi connectivity index (χ2n) is 5.04. The van der Waals surface area contributed by atoms with Gasteiger partial charge in [-0.05, 0) is 6.42 Å². The summed E-state index contributed by atoms with van der Waals surface area (Å²) in [6.07, 6.45) is 3.12.